The highest BCUT2D eigenvalue weighted by Gasteiger charge is 2.49. The lowest BCUT2D eigenvalue weighted by Gasteiger charge is -2.22. The second-order valence-corrected chi connectivity index (χ2v) is 7.48. The molecule has 152 valence electrons. The zero-order chi connectivity index (χ0) is 20.3. The number of rotatable bonds is 8. The van der Waals surface area contributed by atoms with Crippen LogP contribution in [0.25, 0.3) is 0 Å². The van der Waals surface area contributed by atoms with Crippen LogP contribution in [0.3, 0.4) is 0 Å². The molecule has 1 saturated heterocycles. The van der Waals surface area contributed by atoms with Gasteiger partial charge in [-0.15, -0.1) is 0 Å². The van der Waals surface area contributed by atoms with Crippen molar-refractivity contribution in [3.8, 4) is 11.5 Å². The van der Waals surface area contributed by atoms with E-state index >= 15 is 0 Å². The Morgan fingerprint density at radius 2 is 2.04 bits per heavy atom. The third-order valence-electron chi connectivity index (χ3n) is 5.17. The lowest BCUT2D eigenvalue weighted by molar-refractivity contribution is -0.135. The molecule has 0 bridgehead atoms. The smallest absolute Gasteiger partial charge is 0.325 e. The molecule has 8 nitrogen and oxygen atoms in total. The van der Waals surface area contributed by atoms with Gasteiger partial charge in [0.05, 0.1) is 0 Å². The fourth-order valence-electron chi connectivity index (χ4n) is 3.48. The van der Waals surface area contributed by atoms with Crippen LogP contribution in [0.4, 0.5) is 4.79 Å². The lowest BCUT2D eigenvalue weighted by atomic mass is 9.91. The van der Waals surface area contributed by atoms with Crippen LogP contribution in [-0.2, 0) is 15.1 Å². The summed E-state index contributed by atoms with van der Waals surface area (Å²) in [5.74, 6) is 0.308. The van der Waals surface area contributed by atoms with Crippen LogP contribution >= 0.6 is 0 Å². The maximum atomic E-state index is 13.0. The summed E-state index contributed by atoms with van der Waals surface area (Å²) in [6, 6.07) is 4.51. The zero-order valence-corrected chi connectivity index (χ0v) is 16.5. The highest BCUT2D eigenvalue weighted by atomic mass is 16.7. The molecular formula is C20H27N3O5. The van der Waals surface area contributed by atoms with E-state index in [0.29, 0.717) is 17.1 Å². The number of ether oxygens (including phenoxy) is 2. The molecule has 0 radical (unpaired) electrons. The summed E-state index contributed by atoms with van der Waals surface area (Å²) in [5.41, 5.74) is -0.684. The van der Waals surface area contributed by atoms with Crippen LogP contribution < -0.4 is 20.1 Å². The van der Waals surface area contributed by atoms with E-state index in [9.17, 15) is 14.4 Å². The molecule has 1 aromatic rings. The predicted molar refractivity (Wildman–Crippen MR) is 102 cm³/mol. The monoisotopic (exact) mass is 389 g/mol. The lowest BCUT2D eigenvalue weighted by Crippen LogP contribution is -2.45. The van der Waals surface area contributed by atoms with Gasteiger partial charge in [0.2, 0.25) is 12.7 Å². The van der Waals surface area contributed by atoms with Gasteiger partial charge in [0.25, 0.3) is 5.91 Å². The van der Waals surface area contributed by atoms with Gasteiger partial charge in [-0.1, -0.05) is 32.3 Å². The van der Waals surface area contributed by atoms with Crippen LogP contribution in [0.5, 0.6) is 11.5 Å². The van der Waals surface area contributed by atoms with Crippen molar-refractivity contribution < 1.29 is 23.9 Å². The second-order valence-electron chi connectivity index (χ2n) is 7.48. The van der Waals surface area contributed by atoms with Gasteiger partial charge in [-0.25, -0.2) is 4.79 Å². The van der Waals surface area contributed by atoms with E-state index in [1.807, 2.05) is 6.92 Å². The maximum Gasteiger partial charge on any atom is 0.325 e. The molecule has 28 heavy (non-hydrogen) atoms. The number of urea groups is 1. The van der Waals surface area contributed by atoms with E-state index in [2.05, 4.69) is 17.6 Å². The molecule has 0 aromatic heterocycles. The van der Waals surface area contributed by atoms with Gasteiger partial charge in [0.15, 0.2) is 11.5 Å². The molecule has 0 saturated carbocycles. The first-order chi connectivity index (χ1) is 13.3. The topological polar surface area (TPSA) is 97.0 Å². The molecule has 2 aliphatic heterocycles. The standard InChI is InChI=1S/C20H27N3O5/c1-4-5-6-7-13(2)21-17(24)11-23-18(25)20(3,22-19(23)26)14-8-9-15-16(10-14)28-12-27-15/h8-10,13H,4-7,11-12H2,1-3H3,(H,21,24)(H,22,26)/t13-,20-/m0/s1. The van der Waals surface area contributed by atoms with Crippen LogP contribution in [0.1, 0.15) is 52.0 Å². The fourth-order valence-corrected chi connectivity index (χ4v) is 3.48. The van der Waals surface area contributed by atoms with E-state index in [1.165, 1.54) is 0 Å². The summed E-state index contributed by atoms with van der Waals surface area (Å²) in [6.07, 6.45) is 4.13. The van der Waals surface area contributed by atoms with E-state index in [4.69, 9.17) is 9.47 Å². The largest absolute Gasteiger partial charge is 0.454 e. The third-order valence-corrected chi connectivity index (χ3v) is 5.17. The Balaban J connectivity index is 1.65. The summed E-state index contributed by atoms with van der Waals surface area (Å²) in [6.45, 7) is 5.49. The normalized spacial score (nSPS) is 21.6. The van der Waals surface area contributed by atoms with Crippen molar-refractivity contribution in [1.82, 2.24) is 15.5 Å². The number of imide groups is 1. The van der Waals surface area contributed by atoms with Crippen molar-refractivity contribution in [3.63, 3.8) is 0 Å². The minimum Gasteiger partial charge on any atom is -0.454 e. The summed E-state index contributed by atoms with van der Waals surface area (Å²) >= 11 is 0. The highest BCUT2D eigenvalue weighted by Crippen LogP contribution is 2.37. The average Bonchev–Trinajstić information content (AvgIpc) is 3.20. The molecule has 0 unspecified atom stereocenters. The Hall–Kier alpha value is -2.77. The number of benzene rings is 1. The first-order valence-corrected chi connectivity index (χ1v) is 9.68. The molecule has 4 amide bonds. The number of fused-ring (bicyclic) bond motifs is 1. The Kier molecular flexibility index (Phi) is 5.76. The van der Waals surface area contributed by atoms with Gasteiger partial charge in [0, 0.05) is 6.04 Å². The Morgan fingerprint density at radius 3 is 2.79 bits per heavy atom. The summed E-state index contributed by atoms with van der Waals surface area (Å²) in [7, 11) is 0. The number of hydrogen-bond acceptors (Lipinski definition) is 5. The van der Waals surface area contributed by atoms with Crippen LogP contribution in [0.15, 0.2) is 18.2 Å². The van der Waals surface area contributed by atoms with Gasteiger partial charge in [-0.05, 0) is 38.0 Å². The van der Waals surface area contributed by atoms with Crippen molar-refractivity contribution in [1.29, 1.82) is 0 Å². The van der Waals surface area contributed by atoms with E-state index < -0.39 is 17.5 Å². The first-order valence-electron chi connectivity index (χ1n) is 9.68. The fraction of sp³-hybridized carbons (Fsp3) is 0.550. The molecule has 1 fully saturated rings. The maximum absolute atomic E-state index is 13.0. The van der Waals surface area contributed by atoms with Gasteiger partial charge < -0.3 is 20.1 Å². The molecule has 8 heteroatoms. The van der Waals surface area contributed by atoms with Gasteiger partial charge in [-0.2, -0.15) is 0 Å². The molecule has 2 heterocycles. The number of carbonyl (C=O) groups is 3. The van der Waals surface area contributed by atoms with E-state index in [-0.39, 0.29) is 25.3 Å². The molecule has 2 N–H and O–H groups in total. The number of unbranched alkanes of at least 4 members (excludes halogenated alkanes) is 2. The molecule has 1 aromatic carbocycles. The van der Waals surface area contributed by atoms with Crippen LogP contribution in [0, 0.1) is 0 Å². The predicted octanol–water partition coefficient (Wildman–Crippen LogP) is 2.27. The van der Waals surface area contributed by atoms with E-state index in [0.717, 1.165) is 30.6 Å². The summed E-state index contributed by atoms with van der Waals surface area (Å²) in [4.78, 5) is 38.6. The van der Waals surface area contributed by atoms with Gasteiger partial charge >= 0.3 is 6.03 Å². The Morgan fingerprint density at radius 1 is 1.29 bits per heavy atom. The Bertz CT molecular complexity index is 781. The Labute approximate surface area is 164 Å². The van der Waals surface area contributed by atoms with Crippen molar-refractivity contribution in [3.05, 3.63) is 23.8 Å². The number of amides is 4. The van der Waals surface area contributed by atoms with Crippen LogP contribution in [-0.4, -0.2) is 42.1 Å². The molecule has 2 aliphatic rings. The van der Waals surface area contributed by atoms with Gasteiger partial charge in [-0.3, -0.25) is 14.5 Å². The molecule has 2 atom stereocenters. The SMILES string of the molecule is CCCCC[C@H](C)NC(=O)CN1C(=O)N[C@@](C)(c2ccc3c(c2)OCO3)C1=O. The van der Waals surface area contributed by atoms with Crippen molar-refractivity contribution >= 4 is 17.8 Å². The number of carbonyl (C=O) groups excluding carboxylic acids is 3. The number of nitrogens with zero attached hydrogens (tertiary/aromatic N) is 1. The molecular weight excluding hydrogens is 362 g/mol. The number of hydrogen-bond donors (Lipinski definition) is 2. The van der Waals surface area contributed by atoms with Crippen molar-refractivity contribution in [2.24, 2.45) is 0 Å². The molecule has 3 rings (SSSR count). The number of nitrogens with one attached hydrogen (secondary N) is 2. The molecule has 0 aliphatic carbocycles. The van der Waals surface area contributed by atoms with Crippen LogP contribution in [0.2, 0.25) is 0 Å². The first kappa shape index (κ1) is 20.0. The van der Waals surface area contributed by atoms with Crippen molar-refractivity contribution in [2.45, 2.75) is 58.0 Å². The minimum absolute atomic E-state index is 0.0000553. The third kappa shape index (κ3) is 3.90. The quantitative estimate of drug-likeness (QED) is 0.525. The highest BCUT2D eigenvalue weighted by molar-refractivity contribution is 6.09. The summed E-state index contributed by atoms with van der Waals surface area (Å²) in [5, 5.41) is 5.56. The van der Waals surface area contributed by atoms with E-state index in [1.54, 1.807) is 25.1 Å². The van der Waals surface area contributed by atoms with Gasteiger partial charge in [0.1, 0.15) is 12.1 Å². The molecule has 0 spiro atoms. The average molecular weight is 389 g/mol. The zero-order valence-electron chi connectivity index (χ0n) is 16.5. The van der Waals surface area contributed by atoms with Crippen molar-refractivity contribution in [2.75, 3.05) is 13.3 Å². The summed E-state index contributed by atoms with van der Waals surface area (Å²) < 4.78 is 10.6. The second kappa shape index (κ2) is 8.08. The minimum atomic E-state index is -1.26.